The number of esters is 1. The van der Waals surface area contributed by atoms with Gasteiger partial charge in [0.2, 0.25) is 0 Å². The van der Waals surface area contributed by atoms with Crippen LogP contribution in [0.25, 0.3) is 0 Å². The lowest BCUT2D eigenvalue weighted by molar-refractivity contribution is -0.144. The Kier molecular flexibility index (Phi) is 4.87. The normalized spacial score (nSPS) is 13.8. The molecule has 0 bridgehead atoms. The number of carbonyl (C=O) groups is 2. The first-order valence-corrected chi connectivity index (χ1v) is 5.03. The van der Waals surface area contributed by atoms with Crippen molar-refractivity contribution in [1.29, 1.82) is 0 Å². The fourth-order valence-corrected chi connectivity index (χ4v) is 1.29. The fraction of sp³-hybridized carbons (Fsp3) is 0.364. The number of rotatable bonds is 5. The molecule has 2 unspecified atom stereocenters. The van der Waals surface area contributed by atoms with E-state index in [0.717, 1.165) is 19.4 Å². The molecule has 6 nitrogen and oxygen atoms in total. The lowest BCUT2D eigenvalue weighted by Crippen LogP contribution is -2.23. The zero-order valence-electron chi connectivity index (χ0n) is 9.54. The second-order valence-corrected chi connectivity index (χ2v) is 3.54. The molecule has 0 aliphatic carbocycles. The van der Waals surface area contributed by atoms with Gasteiger partial charge in [-0.3, -0.25) is 14.6 Å². The Morgan fingerprint density at radius 1 is 1.61 bits per heavy atom. The van der Waals surface area contributed by atoms with Gasteiger partial charge in [-0.15, -0.1) is 0 Å². The molecule has 98 valence electrons. The van der Waals surface area contributed by atoms with Gasteiger partial charge in [0.15, 0.2) is 12.1 Å². The molecule has 0 amide bonds. The molecule has 2 atom stereocenters. The van der Waals surface area contributed by atoms with Crippen LogP contribution in [0, 0.1) is 5.82 Å². The Hall–Kier alpha value is -1.86. The summed E-state index contributed by atoms with van der Waals surface area (Å²) >= 11 is 0. The Balaban J connectivity index is 2.86. The van der Waals surface area contributed by atoms with Crippen molar-refractivity contribution < 1.29 is 28.9 Å². The number of aliphatic hydroxyl groups excluding tert-OH is 2. The summed E-state index contributed by atoms with van der Waals surface area (Å²) in [4.78, 5) is 25.0. The van der Waals surface area contributed by atoms with Crippen molar-refractivity contribution in [3.63, 3.8) is 0 Å². The van der Waals surface area contributed by atoms with Crippen LogP contribution >= 0.6 is 0 Å². The minimum absolute atomic E-state index is 0.102. The molecule has 0 aromatic carbocycles. The molecule has 18 heavy (non-hydrogen) atoms. The summed E-state index contributed by atoms with van der Waals surface area (Å²) in [7, 11) is 1.14. The molecule has 7 heteroatoms. The molecule has 0 aliphatic rings. The monoisotopic (exact) mass is 257 g/mol. The van der Waals surface area contributed by atoms with Crippen molar-refractivity contribution in [3.8, 4) is 0 Å². The standard InChI is InChI=1S/C11H12FNO5/c1-18-10(16)3-9(15)11(17)8-2-6(5-14)7(12)4-13-8/h2,4-5,9,11,15,17H,3H2,1H3. The molecular formula is C11H12FNO5. The van der Waals surface area contributed by atoms with E-state index in [1.165, 1.54) is 0 Å². The highest BCUT2D eigenvalue weighted by Gasteiger charge is 2.23. The summed E-state index contributed by atoms with van der Waals surface area (Å²) in [5, 5.41) is 19.2. The first kappa shape index (κ1) is 14.2. The summed E-state index contributed by atoms with van der Waals surface area (Å²) < 4.78 is 17.3. The van der Waals surface area contributed by atoms with Crippen LogP contribution < -0.4 is 0 Å². The van der Waals surface area contributed by atoms with Crippen LogP contribution in [-0.4, -0.2) is 40.7 Å². The van der Waals surface area contributed by atoms with E-state index < -0.39 is 30.4 Å². The summed E-state index contributed by atoms with van der Waals surface area (Å²) in [5.74, 6) is -1.54. The van der Waals surface area contributed by atoms with E-state index in [1.807, 2.05) is 0 Å². The molecule has 1 aromatic heterocycles. The molecule has 0 aliphatic heterocycles. The maximum atomic E-state index is 13.0. The number of carbonyl (C=O) groups excluding carboxylic acids is 2. The van der Waals surface area contributed by atoms with E-state index in [1.54, 1.807) is 0 Å². The minimum atomic E-state index is -1.51. The Bertz CT molecular complexity index is 451. The summed E-state index contributed by atoms with van der Waals surface area (Å²) in [5.41, 5.74) is -0.390. The number of aldehydes is 1. The molecule has 2 N–H and O–H groups in total. The zero-order valence-corrected chi connectivity index (χ0v) is 9.54. The van der Waals surface area contributed by atoms with Gasteiger partial charge in [-0.25, -0.2) is 4.39 Å². The van der Waals surface area contributed by atoms with Gasteiger partial charge in [0, 0.05) is 0 Å². The first-order valence-electron chi connectivity index (χ1n) is 5.03. The smallest absolute Gasteiger partial charge is 0.308 e. The Morgan fingerprint density at radius 2 is 2.28 bits per heavy atom. The number of aromatic nitrogens is 1. The van der Waals surface area contributed by atoms with Crippen molar-refractivity contribution in [3.05, 3.63) is 29.3 Å². The van der Waals surface area contributed by atoms with Crippen molar-refractivity contribution in [2.24, 2.45) is 0 Å². The molecule has 0 radical (unpaired) electrons. The van der Waals surface area contributed by atoms with Gasteiger partial charge >= 0.3 is 5.97 Å². The van der Waals surface area contributed by atoms with E-state index in [4.69, 9.17) is 0 Å². The van der Waals surface area contributed by atoms with Gasteiger partial charge in [-0.1, -0.05) is 0 Å². The number of ether oxygens (including phenoxy) is 1. The summed E-state index contributed by atoms with van der Waals surface area (Å²) in [6, 6.07) is 1.01. The average Bonchev–Trinajstić information content (AvgIpc) is 2.38. The molecule has 1 aromatic rings. The predicted octanol–water partition coefficient (Wildman–Crippen LogP) is -0.00940. The fourth-order valence-electron chi connectivity index (χ4n) is 1.29. The molecule has 1 rings (SSSR count). The van der Waals surface area contributed by atoms with Gasteiger partial charge in [0.05, 0.1) is 37.1 Å². The number of hydrogen-bond donors (Lipinski definition) is 2. The molecule has 1 heterocycles. The highest BCUT2D eigenvalue weighted by atomic mass is 19.1. The van der Waals surface area contributed by atoms with Crippen LogP contribution in [0.4, 0.5) is 4.39 Å². The largest absolute Gasteiger partial charge is 0.469 e. The topological polar surface area (TPSA) is 96.7 Å². The van der Waals surface area contributed by atoms with Crippen LogP contribution in [-0.2, 0) is 9.53 Å². The van der Waals surface area contributed by atoms with E-state index in [9.17, 15) is 24.2 Å². The predicted molar refractivity (Wildman–Crippen MR) is 57.2 cm³/mol. The van der Waals surface area contributed by atoms with Crippen LogP contribution in [0.2, 0.25) is 0 Å². The third kappa shape index (κ3) is 3.31. The zero-order chi connectivity index (χ0) is 13.7. The van der Waals surface area contributed by atoms with Crippen molar-refractivity contribution in [1.82, 2.24) is 4.98 Å². The van der Waals surface area contributed by atoms with Crippen molar-refractivity contribution in [2.45, 2.75) is 18.6 Å². The van der Waals surface area contributed by atoms with E-state index in [0.29, 0.717) is 0 Å². The van der Waals surface area contributed by atoms with E-state index >= 15 is 0 Å². The Morgan fingerprint density at radius 3 is 2.83 bits per heavy atom. The highest BCUT2D eigenvalue weighted by molar-refractivity contribution is 5.75. The number of methoxy groups -OCH3 is 1. The second-order valence-electron chi connectivity index (χ2n) is 3.54. The number of halogens is 1. The maximum Gasteiger partial charge on any atom is 0.308 e. The van der Waals surface area contributed by atoms with Crippen LogP contribution in [0.5, 0.6) is 0 Å². The van der Waals surface area contributed by atoms with Gasteiger partial charge in [-0.05, 0) is 6.07 Å². The van der Waals surface area contributed by atoms with E-state index in [-0.39, 0.29) is 17.5 Å². The molecule has 0 spiro atoms. The first-order chi connectivity index (χ1) is 8.49. The quantitative estimate of drug-likeness (QED) is 0.569. The average molecular weight is 257 g/mol. The summed E-state index contributed by atoms with van der Waals surface area (Å²) in [6.07, 6.45) is -2.38. The SMILES string of the molecule is COC(=O)CC(O)C(O)c1cc(C=O)c(F)cn1. The summed E-state index contributed by atoms with van der Waals surface area (Å²) in [6.45, 7) is 0. The van der Waals surface area contributed by atoms with Crippen molar-refractivity contribution >= 4 is 12.3 Å². The van der Waals surface area contributed by atoms with Gasteiger partial charge in [0.1, 0.15) is 6.10 Å². The minimum Gasteiger partial charge on any atom is -0.469 e. The lowest BCUT2D eigenvalue weighted by atomic mass is 10.1. The molecule has 0 saturated carbocycles. The lowest BCUT2D eigenvalue weighted by Gasteiger charge is -2.16. The number of hydrogen-bond acceptors (Lipinski definition) is 6. The number of aliphatic hydroxyl groups is 2. The van der Waals surface area contributed by atoms with Gasteiger partial charge in [0.25, 0.3) is 0 Å². The highest BCUT2D eigenvalue weighted by Crippen LogP contribution is 2.19. The van der Waals surface area contributed by atoms with Crippen LogP contribution in [0.1, 0.15) is 28.6 Å². The molecule has 0 fully saturated rings. The van der Waals surface area contributed by atoms with E-state index in [2.05, 4.69) is 9.72 Å². The maximum absolute atomic E-state index is 13.0. The number of pyridine rings is 1. The third-order valence-electron chi connectivity index (χ3n) is 2.30. The third-order valence-corrected chi connectivity index (χ3v) is 2.30. The van der Waals surface area contributed by atoms with Crippen LogP contribution in [0.3, 0.4) is 0 Å². The van der Waals surface area contributed by atoms with Gasteiger partial charge < -0.3 is 14.9 Å². The Labute approximate surface area is 102 Å². The molecular weight excluding hydrogens is 245 g/mol. The van der Waals surface area contributed by atoms with Crippen molar-refractivity contribution in [2.75, 3.05) is 7.11 Å². The second kappa shape index (κ2) is 6.18. The molecule has 0 saturated heterocycles. The van der Waals surface area contributed by atoms with Crippen LogP contribution in [0.15, 0.2) is 12.3 Å². The number of nitrogens with zero attached hydrogens (tertiary/aromatic N) is 1. The van der Waals surface area contributed by atoms with Gasteiger partial charge in [-0.2, -0.15) is 0 Å².